The second-order valence-electron chi connectivity index (χ2n) is 10.2. The Bertz CT molecular complexity index is 943. The number of nitrogens with one attached hydrogen (secondary N) is 1. The number of nitrogens with zero attached hydrogens (tertiary/aromatic N) is 4. The number of benzene rings is 1. The molecule has 6 heteroatoms. The van der Waals surface area contributed by atoms with Gasteiger partial charge in [-0.3, -0.25) is 0 Å². The summed E-state index contributed by atoms with van der Waals surface area (Å²) < 4.78 is 0. The Morgan fingerprint density at radius 1 is 1.18 bits per heavy atom. The molecule has 3 heterocycles. The highest BCUT2D eigenvalue weighted by atomic mass is 35.5. The summed E-state index contributed by atoms with van der Waals surface area (Å²) in [5, 5.41) is 4.12. The maximum Gasteiger partial charge on any atom is 0.225 e. The van der Waals surface area contributed by atoms with Crippen LogP contribution in [0, 0.1) is 5.41 Å². The van der Waals surface area contributed by atoms with Crippen LogP contribution in [0.4, 0.5) is 11.6 Å². The van der Waals surface area contributed by atoms with Crippen molar-refractivity contribution in [2.24, 2.45) is 5.41 Å². The van der Waals surface area contributed by atoms with E-state index < -0.39 is 0 Å². The van der Waals surface area contributed by atoms with Gasteiger partial charge in [-0.05, 0) is 81.1 Å². The van der Waals surface area contributed by atoms with Crippen molar-refractivity contribution in [2.75, 3.05) is 50.0 Å². The van der Waals surface area contributed by atoms with Gasteiger partial charge in [-0.15, -0.1) is 6.58 Å². The number of halogens is 1. The molecule has 2 aliphatic heterocycles. The average Bonchev–Trinajstić information content (AvgIpc) is 2.83. The zero-order valence-electron chi connectivity index (χ0n) is 20.4. The van der Waals surface area contributed by atoms with Crippen LogP contribution < -0.4 is 10.2 Å². The van der Waals surface area contributed by atoms with Crippen molar-refractivity contribution < 1.29 is 0 Å². The minimum Gasteiger partial charge on any atom is -0.388 e. The first-order valence-electron chi connectivity index (χ1n) is 12.3. The fourth-order valence-electron chi connectivity index (χ4n) is 5.29. The number of rotatable bonds is 9. The van der Waals surface area contributed by atoms with E-state index in [0.29, 0.717) is 5.41 Å². The van der Waals surface area contributed by atoms with E-state index in [4.69, 9.17) is 11.6 Å². The van der Waals surface area contributed by atoms with Gasteiger partial charge in [0.25, 0.3) is 0 Å². The second kappa shape index (κ2) is 10.0. The third-order valence-corrected chi connectivity index (χ3v) is 8.07. The first-order valence-corrected chi connectivity index (χ1v) is 12.7. The van der Waals surface area contributed by atoms with Crippen molar-refractivity contribution in [1.82, 2.24) is 14.9 Å². The Labute approximate surface area is 204 Å². The molecule has 0 atom stereocenters. The third kappa shape index (κ3) is 5.20. The molecule has 1 aromatic carbocycles. The SMILES string of the molecule is C=CC1(c2cc(Cl)ccc2NC)CCN(CCCc2cnc(N3CC(C)(CC)C3)nc2)CC1. The lowest BCUT2D eigenvalue weighted by Crippen LogP contribution is -2.55. The number of likely N-dealkylation sites (tertiary alicyclic amines) is 1. The fourth-order valence-corrected chi connectivity index (χ4v) is 5.47. The average molecular weight is 468 g/mol. The van der Waals surface area contributed by atoms with Gasteiger partial charge in [0.1, 0.15) is 0 Å². The molecule has 2 aliphatic rings. The molecule has 0 spiro atoms. The van der Waals surface area contributed by atoms with Crippen LogP contribution in [0.25, 0.3) is 0 Å². The number of aromatic nitrogens is 2. The number of allylic oxidation sites excluding steroid dienone is 1. The quantitative estimate of drug-likeness (QED) is 0.489. The zero-order chi connectivity index (χ0) is 23.5. The van der Waals surface area contributed by atoms with Gasteiger partial charge in [-0.2, -0.15) is 0 Å². The summed E-state index contributed by atoms with van der Waals surface area (Å²) in [6, 6.07) is 6.13. The van der Waals surface area contributed by atoms with Gasteiger partial charge in [0.2, 0.25) is 5.95 Å². The topological polar surface area (TPSA) is 44.3 Å². The predicted octanol–water partition coefficient (Wildman–Crippen LogP) is 5.56. The lowest BCUT2D eigenvalue weighted by atomic mass is 9.72. The molecule has 0 saturated carbocycles. The van der Waals surface area contributed by atoms with E-state index in [1.165, 1.54) is 17.5 Å². The van der Waals surface area contributed by atoms with Gasteiger partial charge >= 0.3 is 0 Å². The highest BCUT2D eigenvalue weighted by Gasteiger charge is 2.38. The van der Waals surface area contributed by atoms with E-state index in [2.05, 4.69) is 63.7 Å². The maximum atomic E-state index is 6.34. The number of hydrogen-bond acceptors (Lipinski definition) is 5. The molecule has 0 radical (unpaired) electrons. The number of hydrogen-bond donors (Lipinski definition) is 1. The molecular formula is C27H38ClN5. The summed E-state index contributed by atoms with van der Waals surface area (Å²) in [5.41, 5.74) is 4.06. The first-order chi connectivity index (χ1) is 15.9. The van der Waals surface area contributed by atoms with Crippen LogP contribution in [-0.4, -0.2) is 54.6 Å². The van der Waals surface area contributed by atoms with Crippen molar-refractivity contribution in [3.8, 4) is 0 Å². The number of aryl methyl sites for hydroxylation is 1. The molecule has 0 amide bonds. The molecule has 4 rings (SSSR count). The first kappa shape index (κ1) is 24.0. The molecule has 0 bridgehead atoms. The summed E-state index contributed by atoms with van der Waals surface area (Å²) >= 11 is 6.34. The van der Waals surface area contributed by atoms with Crippen LogP contribution in [0.2, 0.25) is 5.02 Å². The number of anilines is 2. The maximum absolute atomic E-state index is 6.34. The van der Waals surface area contributed by atoms with E-state index in [-0.39, 0.29) is 5.41 Å². The van der Waals surface area contributed by atoms with Gasteiger partial charge in [0.05, 0.1) is 0 Å². The van der Waals surface area contributed by atoms with Gasteiger partial charge in [-0.1, -0.05) is 31.5 Å². The molecule has 178 valence electrons. The minimum atomic E-state index is -0.0197. The molecule has 0 unspecified atom stereocenters. The van der Waals surface area contributed by atoms with Crippen molar-refractivity contribution in [2.45, 2.75) is 51.4 Å². The largest absolute Gasteiger partial charge is 0.388 e. The highest BCUT2D eigenvalue weighted by molar-refractivity contribution is 6.30. The van der Waals surface area contributed by atoms with Crippen molar-refractivity contribution in [1.29, 1.82) is 0 Å². The Balaban J connectivity index is 1.26. The monoisotopic (exact) mass is 467 g/mol. The minimum absolute atomic E-state index is 0.0197. The molecule has 2 aromatic rings. The Hall–Kier alpha value is -2.11. The normalized spacial score (nSPS) is 19.7. The van der Waals surface area contributed by atoms with Crippen molar-refractivity contribution >= 4 is 23.2 Å². The van der Waals surface area contributed by atoms with Crippen molar-refractivity contribution in [3.05, 3.63) is 59.4 Å². The van der Waals surface area contributed by atoms with Crippen LogP contribution in [-0.2, 0) is 11.8 Å². The summed E-state index contributed by atoms with van der Waals surface area (Å²) in [6.07, 6.45) is 11.7. The Morgan fingerprint density at radius 2 is 1.88 bits per heavy atom. The van der Waals surface area contributed by atoms with E-state index in [0.717, 1.165) is 75.1 Å². The predicted molar refractivity (Wildman–Crippen MR) is 140 cm³/mol. The molecule has 2 fully saturated rings. The van der Waals surface area contributed by atoms with Crippen LogP contribution >= 0.6 is 11.6 Å². The second-order valence-corrected chi connectivity index (χ2v) is 10.6. The molecule has 1 aromatic heterocycles. The molecule has 0 aliphatic carbocycles. The van der Waals surface area contributed by atoms with E-state index in [9.17, 15) is 0 Å². The van der Waals surface area contributed by atoms with Crippen LogP contribution in [0.5, 0.6) is 0 Å². The number of piperidine rings is 1. The standard InChI is InChI=1S/C27H38ClN5/c1-5-26(3)19-33(20-26)25-30-17-21(18-31-25)8-7-13-32-14-11-27(6-2,12-15-32)23-16-22(28)9-10-24(23)29-4/h6,9-10,16-18,29H,2,5,7-8,11-15,19-20H2,1,3-4H3. The van der Waals surface area contributed by atoms with Crippen molar-refractivity contribution in [3.63, 3.8) is 0 Å². The summed E-state index contributed by atoms with van der Waals surface area (Å²) in [6.45, 7) is 14.2. The van der Waals surface area contributed by atoms with Gasteiger partial charge in [0.15, 0.2) is 0 Å². The summed E-state index contributed by atoms with van der Waals surface area (Å²) in [7, 11) is 1.97. The molecule has 2 saturated heterocycles. The lowest BCUT2D eigenvalue weighted by Gasteiger charge is -2.47. The van der Waals surface area contributed by atoms with E-state index in [1.807, 2.05) is 25.5 Å². The van der Waals surface area contributed by atoms with E-state index in [1.54, 1.807) is 0 Å². The van der Waals surface area contributed by atoms with Gasteiger partial charge < -0.3 is 15.1 Å². The lowest BCUT2D eigenvalue weighted by molar-refractivity contribution is 0.182. The molecule has 1 N–H and O–H groups in total. The van der Waals surface area contributed by atoms with Crippen LogP contribution in [0.3, 0.4) is 0 Å². The third-order valence-electron chi connectivity index (χ3n) is 7.84. The Morgan fingerprint density at radius 3 is 2.48 bits per heavy atom. The molecule has 5 nitrogen and oxygen atoms in total. The van der Waals surface area contributed by atoms with Gasteiger partial charge in [0, 0.05) is 54.1 Å². The molecular weight excluding hydrogens is 430 g/mol. The Kier molecular flexibility index (Phi) is 7.30. The highest BCUT2D eigenvalue weighted by Crippen LogP contribution is 2.41. The van der Waals surface area contributed by atoms with Gasteiger partial charge in [-0.25, -0.2) is 9.97 Å². The fraction of sp³-hybridized carbons (Fsp3) is 0.556. The molecule has 33 heavy (non-hydrogen) atoms. The van der Waals surface area contributed by atoms with E-state index >= 15 is 0 Å². The smallest absolute Gasteiger partial charge is 0.225 e. The zero-order valence-corrected chi connectivity index (χ0v) is 21.2. The summed E-state index contributed by atoms with van der Waals surface area (Å²) in [4.78, 5) is 14.1. The van der Waals surface area contributed by atoms with Crippen LogP contribution in [0.1, 0.15) is 50.7 Å². The summed E-state index contributed by atoms with van der Waals surface area (Å²) in [5.74, 6) is 0.878. The van der Waals surface area contributed by atoms with Crippen LogP contribution in [0.15, 0.2) is 43.2 Å².